The number of nitrogens with one attached hydrogen (secondary N) is 2. The number of benzene rings is 1. The summed E-state index contributed by atoms with van der Waals surface area (Å²) in [5.41, 5.74) is 14.3. The Morgan fingerprint density at radius 1 is 1.27 bits per heavy atom. The maximum Gasteiger partial charge on any atom is 0.211 e. The van der Waals surface area contributed by atoms with Crippen molar-refractivity contribution < 1.29 is 0 Å². The first kappa shape index (κ1) is 15.6. The van der Waals surface area contributed by atoms with Crippen LogP contribution < -0.4 is 22.1 Å². The van der Waals surface area contributed by atoms with E-state index >= 15 is 0 Å². The van der Waals surface area contributed by atoms with Gasteiger partial charge < -0.3 is 16.8 Å². The van der Waals surface area contributed by atoms with Gasteiger partial charge in [-0.3, -0.25) is 5.32 Å². The van der Waals surface area contributed by atoms with Crippen LogP contribution in [0.1, 0.15) is 22.7 Å². The van der Waals surface area contributed by atoms with E-state index in [-0.39, 0.29) is 23.0 Å². The fraction of sp³-hybridized carbons (Fsp3) is 0.0667. The van der Waals surface area contributed by atoms with Crippen LogP contribution in [0.4, 0.5) is 17.3 Å². The van der Waals surface area contributed by atoms with Crippen molar-refractivity contribution in [3.63, 3.8) is 0 Å². The van der Waals surface area contributed by atoms with Crippen molar-refractivity contribution in [1.82, 2.24) is 19.9 Å². The van der Waals surface area contributed by atoms with Gasteiger partial charge in [-0.15, -0.1) is 5.10 Å². The molecule has 0 saturated heterocycles. The molecule has 2 aromatic heterocycles. The number of nitrogens with zero attached hydrogens (tertiary/aromatic N) is 6. The topological polar surface area (TPSA) is 175 Å². The molecule has 3 heterocycles. The van der Waals surface area contributed by atoms with E-state index in [1.54, 1.807) is 0 Å². The lowest BCUT2D eigenvalue weighted by atomic mass is 9.95. The Morgan fingerprint density at radius 2 is 2.12 bits per heavy atom. The van der Waals surface area contributed by atoms with Crippen molar-refractivity contribution in [3.05, 3.63) is 34.9 Å². The van der Waals surface area contributed by atoms with Crippen LogP contribution in [0.5, 0.6) is 0 Å². The quantitative estimate of drug-likeness (QED) is 0.364. The van der Waals surface area contributed by atoms with E-state index in [2.05, 4.69) is 30.2 Å². The van der Waals surface area contributed by atoms with Crippen LogP contribution in [-0.2, 0) is 0 Å². The van der Waals surface area contributed by atoms with Crippen LogP contribution in [0.15, 0.2) is 23.2 Å². The minimum absolute atomic E-state index is 0.00682. The minimum atomic E-state index is -0.589. The van der Waals surface area contributed by atoms with E-state index in [4.69, 9.17) is 16.7 Å². The first-order valence-electron chi connectivity index (χ1n) is 7.33. The van der Waals surface area contributed by atoms with Crippen molar-refractivity contribution in [3.8, 4) is 12.3 Å². The molecule has 3 aromatic rings. The van der Waals surface area contributed by atoms with E-state index in [0.29, 0.717) is 11.4 Å². The third-order valence-electron chi connectivity index (χ3n) is 3.94. The molecule has 1 atom stereocenters. The molecule has 0 aliphatic carbocycles. The zero-order chi connectivity index (χ0) is 18.3. The van der Waals surface area contributed by atoms with Crippen molar-refractivity contribution in [1.29, 1.82) is 10.5 Å². The summed E-state index contributed by atoms with van der Waals surface area (Å²) < 4.78 is 4.86. The maximum atomic E-state index is 9.33. The van der Waals surface area contributed by atoms with Gasteiger partial charge in [0.05, 0.1) is 10.4 Å². The summed E-state index contributed by atoms with van der Waals surface area (Å²) in [5.74, 6) is 0.554. The Kier molecular flexibility index (Phi) is 3.49. The van der Waals surface area contributed by atoms with Gasteiger partial charge in [-0.05, 0) is 29.2 Å². The fourth-order valence-electron chi connectivity index (χ4n) is 2.79. The van der Waals surface area contributed by atoms with Gasteiger partial charge in [0.1, 0.15) is 34.8 Å². The summed E-state index contributed by atoms with van der Waals surface area (Å²) in [6.07, 6.45) is 1.81. The van der Waals surface area contributed by atoms with Gasteiger partial charge in [-0.1, -0.05) is 10.6 Å². The molecule has 6 N–H and O–H groups in total. The Labute approximate surface area is 150 Å². The first-order chi connectivity index (χ1) is 12.6. The first-order valence-corrected chi connectivity index (χ1v) is 8.10. The van der Waals surface area contributed by atoms with E-state index in [1.807, 2.05) is 30.5 Å². The highest BCUT2D eigenvalue weighted by Crippen LogP contribution is 2.40. The summed E-state index contributed by atoms with van der Waals surface area (Å²) in [6.45, 7) is 0. The summed E-state index contributed by atoms with van der Waals surface area (Å²) in [4.78, 5) is 8.71. The van der Waals surface area contributed by atoms with Crippen molar-refractivity contribution in [2.75, 3.05) is 16.8 Å². The van der Waals surface area contributed by atoms with Gasteiger partial charge in [-0.2, -0.15) is 10.5 Å². The number of aliphatic imine (C=N–C) groups is 1. The van der Waals surface area contributed by atoms with Crippen molar-refractivity contribution in [2.45, 2.75) is 6.04 Å². The largest absolute Gasteiger partial charge is 0.397 e. The number of rotatable bonds is 1. The van der Waals surface area contributed by atoms with Crippen LogP contribution in [0, 0.1) is 22.8 Å². The molecule has 1 aromatic carbocycles. The lowest BCUT2D eigenvalue weighted by Crippen LogP contribution is -2.32. The van der Waals surface area contributed by atoms with Crippen LogP contribution in [0.2, 0.25) is 0 Å². The molecule has 0 radical (unpaired) electrons. The number of nitriles is 2. The summed E-state index contributed by atoms with van der Waals surface area (Å²) in [7, 11) is 0. The van der Waals surface area contributed by atoms with Gasteiger partial charge in [0.2, 0.25) is 5.96 Å². The maximum absolute atomic E-state index is 9.33. The summed E-state index contributed by atoms with van der Waals surface area (Å²) in [5, 5.41) is 27.6. The smallest absolute Gasteiger partial charge is 0.211 e. The second-order valence-corrected chi connectivity index (χ2v) is 6.19. The van der Waals surface area contributed by atoms with Gasteiger partial charge in [0.25, 0.3) is 0 Å². The molecule has 0 saturated carbocycles. The lowest BCUT2D eigenvalue weighted by Gasteiger charge is -2.26. The molecule has 10 nitrogen and oxygen atoms in total. The van der Waals surface area contributed by atoms with E-state index in [9.17, 15) is 5.26 Å². The Bertz CT molecular complexity index is 1150. The zero-order valence-corrected chi connectivity index (χ0v) is 13.9. The number of hydrogen-bond donors (Lipinski definition) is 4. The van der Waals surface area contributed by atoms with Crippen LogP contribution in [0.3, 0.4) is 0 Å². The molecule has 0 bridgehead atoms. The number of nitrogen functional groups attached to an aromatic ring is 2. The summed E-state index contributed by atoms with van der Waals surface area (Å²) in [6, 6.07) is 6.98. The zero-order valence-electron chi connectivity index (χ0n) is 13.1. The van der Waals surface area contributed by atoms with Crippen LogP contribution >= 0.6 is 11.5 Å². The Morgan fingerprint density at radius 3 is 2.88 bits per heavy atom. The second kappa shape index (κ2) is 5.84. The van der Waals surface area contributed by atoms with E-state index < -0.39 is 6.04 Å². The van der Waals surface area contributed by atoms with E-state index in [0.717, 1.165) is 15.8 Å². The number of fused-ring (bicyclic) bond motifs is 2. The van der Waals surface area contributed by atoms with Gasteiger partial charge in [-0.25, -0.2) is 9.98 Å². The van der Waals surface area contributed by atoms with Crippen LogP contribution in [-0.4, -0.2) is 20.5 Å². The minimum Gasteiger partial charge on any atom is -0.397 e. The number of nitrogens with two attached hydrogens (primary N) is 2. The molecule has 26 heavy (non-hydrogen) atoms. The molecule has 11 heteroatoms. The average Bonchev–Trinajstić information content (AvgIpc) is 3.09. The molecule has 1 aliphatic heterocycles. The third-order valence-corrected chi connectivity index (χ3v) is 4.65. The highest BCUT2D eigenvalue weighted by molar-refractivity contribution is 7.12. The fourth-order valence-corrected chi connectivity index (χ4v) is 3.33. The molecule has 0 fully saturated rings. The number of guanidine groups is 1. The van der Waals surface area contributed by atoms with Crippen LogP contribution in [0.25, 0.3) is 10.2 Å². The highest BCUT2D eigenvalue weighted by atomic mass is 32.1. The number of hydrogen-bond acceptors (Lipinski definition) is 11. The van der Waals surface area contributed by atoms with Gasteiger partial charge in [0, 0.05) is 5.56 Å². The molecule has 4 rings (SSSR count). The molecule has 0 amide bonds. The summed E-state index contributed by atoms with van der Waals surface area (Å²) >= 11 is 1.29. The Balaban J connectivity index is 1.95. The van der Waals surface area contributed by atoms with Gasteiger partial charge >= 0.3 is 0 Å². The molecular weight excluding hydrogens is 352 g/mol. The lowest BCUT2D eigenvalue weighted by molar-refractivity contribution is 0.848. The SMILES string of the molecule is N#CNC1=NC(c2ccc3snnc3c2)c2c(nc(N)c(C#N)c2N)N1. The average molecular weight is 362 g/mol. The molecule has 1 unspecified atom stereocenters. The number of anilines is 3. The normalized spacial score (nSPS) is 15.3. The standard InChI is InChI=1S/C15H10N10S/c16-4-7-11(18)10-12(6-1-2-9-8(3-6)24-25-26-9)21-15(20-5-17)23-14(10)22-13(7)19/h1-3,12H,(H6,18,19,20,21,22,23). The monoisotopic (exact) mass is 362 g/mol. The molecule has 0 spiro atoms. The number of pyridine rings is 1. The second-order valence-electron chi connectivity index (χ2n) is 5.40. The Hall–Kier alpha value is -3.96. The van der Waals surface area contributed by atoms with Crippen molar-refractivity contribution in [2.24, 2.45) is 4.99 Å². The molecule has 126 valence electrons. The number of aromatic nitrogens is 3. The predicted molar refractivity (Wildman–Crippen MR) is 96.8 cm³/mol. The highest BCUT2D eigenvalue weighted by Gasteiger charge is 2.29. The van der Waals surface area contributed by atoms with E-state index in [1.165, 1.54) is 11.5 Å². The predicted octanol–water partition coefficient (Wildman–Crippen LogP) is 1.06. The molecular formula is C15H10N10S. The van der Waals surface area contributed by atoms with Gasteiger partial charge in [0.15, 0.2) is 6.19 Å². The third kappa shape index (κ3) is 2.31. The molecule has 1 aliphatic rings. The van der Waals surface area contributed by atoms with Crippen molar-refractivity contribution >= 4 is 45.0 Å².